The van der Waals surface area contributed by atoms with Crippen molar-refractivity contribution in [1.82, 2.24) is 4.98 Å². The molecule has 0 aliphatic heterocycles. The molecule has 0 bridgehead atoms. The van der Waals surface area contributed by atoms with Crippen LogP contribution in [-0.2, 0) is 0 Å². The number of pyridine rings is 1. The van der Waals surface area contributed by atoms with Crippen molar-refractivity contribution in [3.05, 3.63) is 75.7 Å². The van der Waals surface area contributed by atoms with Crippen LogP contribution < -0.4 is 0 Å². The van der Waals surface area contributed by atoms with Crippen molar-refractivity contribution in [3.8, 4) is 11.1 Å². The molecule has 0 fully saturated rings. The fraction of sp³-hybridized carbons (Fsp3) is 0. The van der Waals surface area contributed by atoms with Crippen LogP contribution in [0, 0.1) is 0 Å². The van der Waals surface area contributed by atoms with Gasteiger partial charge in [0.05, 0.1) is 11.0 Å². The van der Waals surface area contributed by atoms with Crippen LogP contribution in [0.5, 0.6) is 0 Å². The van der Waals surface area contributed by atoms with Crippen molar-refractivity contribution in [3.63, 3.8) is 0 Å². The summed E-state index contributed by atoms with van der Waals surface area (Å²) in [4.78, 5) is 4.84. The Kier molecular flexibility index (Phi) is 3.47. The maximum absolute atomic E-state index is 4.84. The van der Waals surface area contributed by atoms with Crippen molar-refractivity contribution in [2.75, 3.05) is 0 Å². The van der Waals surface area contributed by atoms with Gasteiger partial charge < -0.3 is 0 Å². The Morgan fingerprint density at radius 3 is 2.27 bits per heavy atom. The molecule has 0 saturated carbocycles. The minimum Gasteiger partial charge on any atom is -0.247 e. The van der Waals surface area contributed by atoms with Gasteiger partial charge in [-0.05, 0) is 39.7 Å². The summed E-state index contributed by atoms with van der Waals surface area (Å²) in [7, 11) is 0. The lowest BCUT2D eigenvalue weighted by molar-refractivity contribution is 1.47. The van der Waals surface area contributed by atoms with E-state index in [9.17, 15) is 0 Å². The van der Waals surface area contributed by atoms with Crippen LogP contribution in [0.2, 0.25) is 0 Å². The predicted molar refractivity (Wildman–Crippen MR) is 100 cm³/mol. The summed E-state index contributed by atoms with van der Waals surface area (Å²) in [5.74, 6) is 0. The van der Waals surface area contributed by atoms with Crippen LogP contribution >= 0.6 is 31.9 Å². The van der Waals surface area contributed by atoms with E-state index in [1.54, 1.807) is 0 Å². The molecule has 1 aromatic heterocycles. The van der Waals surface area contributed by atoms with Gasteiger partial charge in [-0.2, -0.15) is 0 Å². The number of benzene rings is 3. The van der Waals surface area contributed by atoms with E-state index in [2.05, 4.69) is 80.4 Å². The number of halogens is 2. The topological polar surface area (TPSA) is 12.9 Å². The van der Waals surface area contributed by atoms with Crippen LogP contribution in [0.4, 0.5) is 0 Å². The summed E-state index contributed by atoms with van der Waals surface area (Å²) < 4.78 is 2.04. The second kappa shape index (κ2) is 5.49. The van der Waals surface area contributed by atoms with E-state index in [4.69, 9.17) is 4.98 Å². The van der Waals surface area contributed by atoms with Crippen LogP contribution in [0.3, 0.4) is 0 Å². The van der Waals surface area contributed by atoms with E-state index in [-0.39, 0.29) is 0 Å². The van der Waals surface area contributed by atoms with E-state index in [1.165, 1.54) is 16.5 Å². The zero-order chi connectivity index (χ0) is 15.1. The molecule has 1 heterocycles. The molecular formula is C19H11Br2N. The van der Waals surface area contributed by atoms with Gasteiger partial charge in [0.1, 0.15) is 0 Å². The van der Waals surface area contributed by atoms with Crippen molar-refractivity contribution in [2.24, 2.45) is 0 Å². The molecule has 22 heavy (non-hydrogen) atoms. The average Bonchev–Trinajstić information content (AvgIpc) is 2.54. The van der Waals surface area contributed by atoms with Gasteiger partial charge in [-0.1, -0.05) is 64.5 Å². The second-order valence-electron chi connectivity index (χ2n) is 5.15. The maximum atomic E-state index is 4.84. The normalized spacial score (nSPS) is 11.2. The van der Waals surface area contributed by atoms with Crippen molar-refractivity contribution < 1.29 is 0 Å². The van der Waals surface area contributed by atoms with Gasteiger partial charge in [-0.3, -0.25) is 0 Å². The molecule has 0 aliphatic carbocycles. The molecule has 0 radical (unpaired) electrons. The summed E-state index contributed by atoms with van der Waals surface area (Å²) in [6.07, 6.45) is 0. The van der Waals surface area contributed by atoms with E-state index in [0.29, 0.717) is 0 Å². The highest BCUT2D eigenvalue weighted by atomic mass is 79.9. The highest BCUT2D eigenvalue weighted by Crippen LogP contribution is 2.38. The molecule has 0 aliphatic rings. The first kappa shape index (κ1) is 13.9. The Labute approximate surface area is 145 Å². The third-order valence-electron chi connectivity index (χ3n) is 3.77. The van der Waals surface area contributed by atoms with Crippen molar-refractivity contribution >= 4 is 53.7 Å². The average molecular weight is 413 g/mol. The maximum Gasteiger partial charge on any atom is 0.0858 e. The Hall–Kier alpha value is -1.71. The Balaban J connectivity index is 2.27. The molecule has 4 aromatic rings. The Morgan fingerprint density at radius 1 is 0.727 bits per heavy atom. The van der Waals surface area contributed by atoms with Gasteiger partial charge in [-0.25, -0.2) is 4.98 Å². The van der Waals surface area contributed by atoms with E-state index in [0.717, 1.165) is 25.4 Å². The molecular weight excluding hydrogens is 402 g/mol. The van der Waals surface area contributed by atoms with Gasteiger partial charge >= 0.3 is 0 Å². The number of para-hydroxylation sites is 1. The molecule has 0 saturated heterocycles. The predicted octanol–water partition coefficient (Wildman–Crippen LogP) is 6.58. The highest BCUT2D eigenvalue weighted by molar-refractivity contribution is 9.11. The first-order valence-corrected chi connectivity index (χ1v) is 8.55. The van der Waals surface area contributed by atoms with Crippen LogP contribution in [0.25, 0.3) is 32.9 Å². The van der Waals surface area contributed by atoms with Crippen LogP contribution in [0.1, 0.15) is 0 Å². The molecule has 4 rings (SSSR count). The number of hydrogen-bond donors (Lipinski definition) is 0. The molecule has 3 heteroatoms. The summed E-state index contributed by atoms with van der Waals surface area (Å²) in [5, 5.41) is 2.32. The monoisotopic (exact) mass is 411 g/mol. The molecule has 0 unspecified atom stereocenters. The fourth-order valence-electron chi connectivity index (χ4n) is 2.83. The third-order valence-corrected chi connectivity index (χ3v) is 4.83. The summed E-state index contributed by atoms with van der Waals surface area (Å²) in [6, 6.07) is 23.0. The van der Waals surface area contributed by atoms with Crippen molar-refractivity contribution in [1.29, 1.82) is 0 Å². The van der Waals surface area contributed by atoms with Gasteiger partial charge in [0.15, 0.2) is 0 Å². The van der Waals surface area contributed by atoms with Crippen LogP contribution in [-0.4, -0.2) is 4.98 Å². The molecule has 0 spiro atoms. The second-order valence-corrected chi connectivity index (χ2v) is 6.92. The van der Waals surface area contributed by atoms with E-state index in [1.807, 2.05) is 18.2 Å². The standard InChI is InChI=1S/C19H11Br2N/c20-13-10-15-18(12-6-2-1-3-7-12)14-8-4-5-9-17(14)22-19(15)16(21)11-13/h1-11H. The molecule has 0 amide bonds. The van der Waals surface area contributed by atoms with Crippen LogP contribution in [0.15, 0.2) is 75.7 Å². The lowest BCUT2D eigenvalue weighted by Gasteiger charge is -2.12. The summed E-state index contributed by atoms with van der Waals surface area (Å²) >= 11 is 7.24. The molecule has 3 aromatic carbocycles. The largest absolute Gasteiger partial charge is 0.247 e. The Morgan fingerprint density at radius 2 is 1.45 bits per heavy atom. The lowest BCUT2D eigenvalue weighted by atomic mass is 9.96. The van der Waals surface area contributed by atoms with Gasteiger partial charge in [0, 0.05) is 25.3 Å². The Bertz CT molecular complexity index is 994. The fourth-order valence-corrected chi connectivity index (χ4v) is 4.15. The number of fused-ring (bicyclic) bond motifs is 2. The lowest BCUT2D eigenvalue weighted by Crippen LogP contribution is -1.90. The summed E-state index contributed by atoms with van der Waals surface area (Å²) in [5.41, 5.74) is 4.43. The van der Waals surface area contributed by atoms with E-state index < -0.39 is 0 Å². The molecule has 1 nitrogen and oxygen atoms in total. The van der Waals surface area contributed by atoms with Gasteiger partial charge in [-0.15, -0.1) is 0 Å². The van der Waals surface area contributed by atoms with E-state index >= 15 is 0 Å². The van der Waals surface area contributed by atoms with Gasteiger partial charge in [0.2, 0.25) is 0 Å². The van der Waals surface area contributed by atoms with Gasteiger partial charge in [0.25, 0.3) is 0 Å². The molecule has 0 N–H and O–H groups in total. The van der Waals surface area contributed by atoms with Crippen molar-refractivity contribution in [2.45, 2.75) is 0 Å². The SMILES string of the molecule is Brc1cc(Br)c2nc3ccccc3c(-c3ccccc3)c2c1. The first-order chi connectivity index (χ1) is 10.7. The molecule has 0 atom stereocenters. The number of rotatable bonds is 1. The molecule has 106 valence electrons. The zero-order valence-electron chi connectivity index (χ0n) is 11.6. The first-order valence-electron chi connectivity index (χ1n) is 6.97. The smallest absolute Gasteiger partial charge is 0.0858 e. The number of aromatic nitrogens is 1. The summed E-state index contributed by atoms with van der Waals surface area (Å²) in [6.45, 7) is 0. The number of hydrogen-bond acceptors (Lipinski definition) is 1. The zero-order valence-corrected chi connectivity index (χ0v) is 14.7. The minimum atomic E-state index is 0.987. The third kappa shape index (κ3) is 2.25. The quantitative estimate of drug-likeness (QED) is 0.322. The minimum absolute atomic E-state index is 0.987. The highest BCUT2D eigenvalue weighted by Gasteiger charge is 2.13. The number of nitrogens with zero attached hydrogens (tertiary/aromatic N) is 1.